The van der Waals surface area contributed by atoms with Crippen molar-refractivity contribution in [2.75, 3.05) is 20.2 Å². The Morgan fingerprint density at radius 1 is 1.25 bits per heavy atom. The normalized spacial score (nSPS) is 14.8. The lowest BCUT2D eigenvalue weighted by molar-refractivity contribution is 0.0600. The Morgan fingerprint density at radius 2 is 1.85 bits per heavy atom. The fraction of sp³-hybridized carbons (Fsp3) is 0.500. The van der Waals surface area contributed by atoms with E-state index in [1.54, 1.807) is 0 Å². The molecule has 2 rings (SSSR count). The summed E-state index contributed by atoms with van der Waals surface area (Å²) in [7, 11) is 1.40. The molecule has 0 saturated carbocycles. The van der Waals surface area contributed by atoms with Crippen LogP contribution in [0.15, 0.2) is 24.3 Å². The van der Waals surface area contributed by atoms with E-state index in [1.807, 2.05) is 24.3 Å². The van der Waals surface area contributed by atoms with E-state index in [-0.39, 0.29) is 30.8 Å². The van der Waals surface area contributed by atoms with Crippen LogP contribution < -0.4 is 10.6 Å². The highest BCUT2D eigenvalue weighted by molar-refractivity contribution is 5.89. The minimum atomic E-state index is -0.284. The van der Waals surface area contributed by atoms with E-state index < -0.39 is 0 Å². The summed E-state index contributed by atoms with van der Waals surface area (Å²) in [6.07, 6.45) is 2.36. The Morgan fingerprint density at radius 3 is 2.40 bits per heavy atom. The van der Waals surface area contributed by atoms with Gasteiger partial charge in [0.1, 0.15) is 0 Å². The van der Waals surface area contributed by atoms with Gasteiger partial charge in [0.15, 0.2) is 0 Å². The third-order valence-electron chi connectivity index (χ3n) is 3.31. The molecule has 114 valence electrons. The van der Waals surface area contributed by atoms with Crippen LogP contribution in [0.1, 0.15) is 28.8 Å². The molecule has 20 heavy (non-hydrogen) atoms. The van der Waals surface area contributed by atoms with Gasteiger partial charge in [0.2, 0.25) is 0 Å². The van der Waals surface area contributed by atoms with Crippen molar-refractivity contribution in [1.29, 1.82) is 0 Å². The fourth-order valence-electron chi connectivity index (χ4n) is 2.16. The third-order valence-corrected chi connectivity index (χ3v) is 3.31. The van der Waals surface area contributed by atoms with Crippen molar-refractivity contribution in [2.45, 2.75) is 25.4 Å². The highest BCUT2D eigenvalue weighted by atomic mass is 35.5. The molecule has 1 fully saturated rings. The van der Waals surface area contributed by atoms with Crippen LogP contribution in [0, 0.1) is 0 Å². The van der Waals surface area contributed by atoms with Crippen molar-refractivity contribution in [2.24, 2.45) is 0 Å². The van der Waals surface area contributed by atoms with Gasteiger partial charge < -0.3 is 15.4 Å². The van der Waals surface area contributed by atoms with Crippen LogP contribution in [0.3, 0.4) is 0 Å². The van der Waals surface area contributed by atoms with Gasteiger partial charge in [-0.15, -0.1) is 24.8 Å². The van der Waals surface area contributed by atoms with E-state index in [9.17, 15) is 4.79 Å². The summed E-state index contributed by atoms with van der Waals surface area (Å²) in [5.41, 5.74) is 1.80. The number of rotatable bonds is 4. The minimum absolute atomic E-state index is 0. The Kier molecular flexibility index (Phi) is 9.59. The van der Waals surface area contributed by atoms with E-state index in [0.717, 1.165) is 19.6 Å². The number of hydrogen-bond donors (Lipinski definition) is 2. The van der Waals surface area contributed by atoms with Gasteiger partial charge in [-0.3, -0.25) is 0 Å². The van der Waals surface area contributed by atoms with Gasteiger partial charge in [-0.1, -0.05) is 12.1 Å². The summed E-state index contributed by atoms with van der Waals surface area (Å²) in [5, 5.41) is 6.89. The summed E-state index contributed by atoms with van der Waals surface area (Å²) in [4.78, 5) is 11.3. The smallest absolute Gasteiger partial charge is 0.337 e. The minimum Gasteiger partial charge on any atom is -0.465 e. The van der Waals surface area contributed by atoms with Crippen LogP contribution in [0.5, 0.6) is 0 Å². The quantitative estimate of drug-likeness (QED) is 0.835. The van der Waals surface area contributed by atoms with Gasteiger partial charge in [0.25, 0.3) is 0 Å². The Balaban J connectivity index is 0.00000180. The number of nitrogens with one attached hydrogen (secondary N) is 2. The Hall–Kier alpha value is -0.810. The molecule has 0 radical (unpaired) electrons. The lowest BCUT2D eigenvalue weighted by Gasteiger charge is -2.23. The standard InChI is InChI=1S/C14H20N2O2.2ClH/c1-18-14(17)12-4-2-11(3-5-12)10-16-13-6-8-15-9-7-13;;/h2-5,13,15-16H,6-10H2,1H3;2*1H. The molecule has 4 nitrogen and oxygen atoms in total. The molecule has 0 spiro atoms. The maximum atomic E-state index is 11.3. The summed E-state index contributed by atoms with van der Waals surface area (Å²) in [6.45, 7) is 3.05. The summed E-state index contributed by atoms with van der Waals surface area (Å²) >= 11 is 0. The second-order valence-electron chi connectivity index (χ2n) is 4.59. The van der Waals surface area contributed by atoms with E-state index in [4.69, 9.17) is 0 Å². The molecular weight excluding hydrogens is 299 g/mol. The molecule has 0 bridgehead atoms. The molecule has 1 heterocycles. The van der Waals surface area contributed by atoms with Crippen LogP contribution in [-0.4, -0.2) is 32.2 Å². The predicted octanol–water partition coefficient (Wildman–Crippen LogP) is 2.16. The molecule has 1 aromatic rings. The molecule has 1 aliphatic heterocycles. The Labute approximate surface area is 132 Å². The van der Waals surface area contributed by atoms with E-state index in [1.165, 1.54) is 25.5 Å². The van der Waals surface area contributed by atoms with Crippen LogP contribution >= 0.6 is 24.8 Å². The van der Waals surface area contributed by atoms with Gasteiger partial charge >= 0.3 is 5.97 Å². The largest absolute Gasteiger partial charge is 0.465 e. The van der Waals surface area contributed by atoms with E-state index in [0.29, 0.717) is 11.6 Å². The number of methoxy groups -OCH3 is 1. The monoisotopic (exact) mass is 320 g/mol. The number of piperidine rings is 1. The molecule has 0 atom stereocenters. The predicted molar refractivity (Wildman–Crippen MR) is 85.0 cm³/mol. The number of ether oxygens (including phenoxy) is 1. The number of esters is 1. The third kappa shape index (κ3) is 5.67. The molecule has 1 saturated heterocycles. The summed E-state index contributed by atoms with van der Waals surface area (Å²) in [5.74, 6) is -0.284. The van der Waals surface area contributed by atoms with Crippen LogP contribution in [0.2, 0.25) is 0 Å². The lowest BCUT2D eigenvalue weighted by Crippen LogP contribution is -2.39. The molecule has 1 aromatic carbocycles. The maximum Gasteiger partial charge on any atom is 0.337 e. The molecule has 2 N–H and O–H groups in total. The summed E-state index contributed by atoms with van der Waals surface area (Å²) in [6, 6.07) is 8.17. The zero-order chi connectivity index (χ0) is 12.8. The molecule has 0 amide bonds. The summed E-state index contributed by atoms with van der Waals surface area (Å²) < 4.78 is 4.67. The average molecular weight is 321 g/mol. The van der Waals surface area contributed by atoms with Crippen LogP contribution in [-0.2, 0) is 11.3 Å². The zero-order valence-corrected chi connectivity index (χ0v) is 13.2. The Bertz CT molecular complexity index is 393. The number of benzene rings is 1. The van der Waals surface area contributed by atoms with Crippen molar-refractivity contribution in [1.82, 2.24) is 10.6 Å². The van der Waals surface area contributed by atoms with Gasteiger partial charge in [0, 0.05) is 12.6 Å². The van der Waals surface area contributed by atoms with Gasteiger partial charge in [-0.05, 0) is 43.6 Å². The number of hydrogen-bond acceptors (Lipinski definition) is 4. The van der Waals surface area contributed by atoms with Crippen LogP contribution in [0.4, 0.5) is 0 Å². The van der Waals surface area contributed by atoms with Crippen molar-refractivity contribution in [3.8, 4) is 0 Å². The van der Waals surface area contributed by atoms with Crippen molar-refractivity contribution >= 4 is 30.8 Å². The van der Waals surface area contributed by atoms with E-state index in [2.05, 4.69) is 15.4 Å². The maximum absolute atomic E-state index is 11.3. The van der Waals surface area contributed by atoms with Gasteiger partial charge in [-0.25, -0.2) is 4.79 Å². The second-order valence-corrected chi connectivity index (χ2v) is 4.59. The molecule has 1 aliphatic rings. The molecule has 6 heteroatoms. The van der Waals surface area contributed by atoms with Crippen molar-refractivity contribution in [3.05, 3.63) is 35.4 Å². The first-order valence-electron chi connectivity index (χ1n) is 6.41. The highest BCUT2D eigenvalue weighted by Crippen LogP contribution is 2.08. The lowest BCUT2D eigenvalue weighted by atomic mass is 10.1. The zero-order valence-electron chi connectivity index (χ0n) is 11.6. The average Bonchev–Trinajstić information content (AvgIpc) is 2.46. The number of halogens is 2. The van der Waals surface area contributed by atoms with Crippen molar-refractivity contribution < 1.29 is 9.53 Å². The van der Waals surface area contributed by atoms with E-state index >= 15 is 0 Å². The number of carbonyl (C=O) groups excluding carboxylic acids is 1. The molecule has 0 aliphatic carbocycles. The van der Waals surface area contributed by atoms with Gasteiger partial charge in [-0.2, -0.15) is 0 Å². The molecule has 0 aromatic heterocycles. The van der Waals surface area contributed by atoms with Crippen LogP contribution in [0.25, 0.3) is 0 Å². The first kappa shape index (κ1) is 19.2. The molecular formula is C14H22Cl2N2O2. The van der Waals surface area contributed by atoms with Gasteiger partial charge in [0.05, 0.1) is 12.7 Å². The van der Waals surface area contributed by atoms with Crippen molar-refractivity contribution in [3.63, 3.8) is 0 Å². The first-order valence-corrected chi connectivity index (χ1v) is 6.41. The molecule has 0 unspecified atom stereocenters. The fourth-order valence-corrected chi connectivity index (χ4v) is 2.16. The number of carbonyl (C=O) groups is 1. The SMILES string of the molecule is COC(=O)c1ccc(CNC2CCNCC2)cc1.Cl.Cl. The highest BCUT2D eigenvalue weighted by Gasteiger charge is 2.11. The topological polar surface area (TPSA) is 50.4 Å². The first-order chi connectivity index (χ1) is 8.79. The second kappa shape index (κ2) is 10.00.